The fourth-order valence-corrected chi connectivity index (χ4v) is 6.29. The van der Waals surface area contributed by atoms with Gasteiger partial charge in [-0.15, -0.1) is 10.2 Å². The minimum atomic E-state index is -3.56. The summed E-state index contributed by atoms with van der Waals surface area (Å²) in [7, 11) is -3.56. The van der Waals surface area contributed by atoms with Crippen LogP contribution in [0.1, 0.15) is 30.4 Å². The zero-order chi connectivity index (χ0) is 24.6. The molecule has 0 aliphatic carbocycles. The maximum absolute atomic E-state index is 13.1. The number of hydrogen-bond donors (Lipinski definition) is 2. The van der Waals surface area contributed by atoms with E-state index in [2.05, 4.69) is 25.5 Å². The second-order valence-electron chi connectivity index (χ2n) is 8.72. The first-order valence-electron chi connectivity index (χ1n) is 11.5. The maximum atomic E-state index is 13.1. The predicted octanol–water partition coefficient (Wildman–Crippen LogP) is 4.03. The number of fused-ring (bicyclic) bond motifs is 3. The molecule has 0 radical (unpaired) electrons. The molecule has 1 amide bonds. The molecule has 2 aromatic carbocycles. The number of sulfonamides is 1. The number of amides is 1. The largest absolute Gasteiger partial charge is 0.338 e. The lowest BCUT2D eigenvalue weighted by Gasteiger charge is -2.25. The van der Waals surface area contributed by atoms with E-state index >= 15 is 0 Å². The minimum Gasteiger partial charge on any atom is -0.338 e. The Kier molecular flexibility index (Phi) is 6.47. The molecule has 2 N–H and O–H groups in total. The van der Waals surface area contributed by atoms with Crippen molar-refractivity contribution in [2.24, 2.45) is 0 Å². The van der Waals surface area contributed by atoms with Gasteiger partial charge in [-0.25, -0.2) is 13.4 Å². The topological polar surface area (TPSA) is 121 Å². The number of aromatic nitrogens is 4. The molecule has 3 heterocycles. The standard InChI is InChI=1S/C24H26N6O3S2/c1-15-6-7-17(12-16(15)2)25-21(31)14-34-24-27-23-22(28-29-24)19-13-18(8-9-20(19)26-23)35(32,33)30-10-4-3-5-11-30/h6-9,12-13H,3-5,10-11,14H2,1-2H3,(H,25,31)(H,26,27,29). The summed E-state index contributed by atoms with van der Waals surface area (Å²) in [6.45, 7) is 5.12. The molecule has 182 valence electrons. The summed E-state index contributed by atoms with van der Waals surface area (Å²) in [6, 6.07) is 10.8. The van der Waals surface area contributed by atoms with Gasteiger partial charge in [-0.2, -0.15) is 4.31 Å². The molecule has 5 rings (SSSR count). The number of carbonyl (C=O) groups is 1. The Morgan fingerprint density at radius 2 is 1.86 bits per heavy atom. The Morgan fingerprint density at radius 1 is 1.06 bits per heavy atom. The van der Waals surface area contributed by atoms with E-state index in [9.17, 15) is 13.2 Å². The van der Waals surface area contributed by atoms with Crippen LogP contribution in [0.15, 0.2) is 46.5 Å². The fraction of sp³-hybridized carbons (Fsp3) is 0.333. The quantitative estimate of drug-likeness (QED) is 0.376. The van der Waals surface area contributed by atoms with Gasteiger partial charge in [-0.1, -0.05) is 24.2 Å². The molecule has 0 saturated carbocycles. The van der Waals surface area contributed by atoms with Crippen LogP contribution in [-0.2, 0) is 14.8 Å². The highest BCUT2D eigenvalue weighted by atomic mass is 32.2. The molecule has 1 fully saturated rings. The second kappa shape index (κ2) is 9.56. The van der Waals surface area contributed by atoms with E-state index in [0.717, 1.165) is 36.0 Å². The summed E-state index contributed by atoms with van der Waals surface area (Å²) in [5, 5.41) is 12.3. The smallest absolute Gasteiger partial charge is 0.243 e. The Hall–Kier alpha value is -3.02. The van der Waals surface area contributed by atoms with Crippen molar-refractivity contribution in [1.29, 1.82) is 0 Å². The van der Waals surface area contributed by atoms with Gasteiger partial charge in [0.1, 0.15) is 5.52 Å². The number of carbonyl (C=O) groups excluding carboxylic acids is 1. The van der Waals surface area contributed by atoms with Crippen molar-refractivity contribution >= 4 is 55.4 Å². The number of hydrogen-bond acceptors (Lipinski definition) is 7. The number of rotatable bonds is 6. The second-order valence-corrected chi connectivity index (χ2v) is 11.6. The SMILES string of the molecule is Cc1ccc(NC(=O)CSc2nnc3c(n2)[nH]c2ccc(S(=O)(=O)N4CCCCC4)cc23)cc1C. The van der Waals surface area contributed by atoms with Crippen molar-refractivity contribution in [3.05, 3.63) is 47.5 Å². The van der Waals surface area contributed by atoms with Gasteiger partial charge < -0.3 is 10.3 Å². The lowest BCUT2D eigenvalue weighted by molar-refractivity contribution is -0.113. The number of aromatic amines is 1. The maximum Gasteiger partial charge on any atom is 0.243 e. The first-order valence-corrected chi connectivity index (χ1v) is 13.9. The molecule has 0 unspecified atom stereocenters. The molecule has 2 aromatic heterocycles. The Morgan fingerprint density at radius 3 is 2.63 bits per heavy atom. The van der Waals surface area contributed by atoms with Crippen LogP contribution < -0.4 is 5.32 Å². The Balaban J connectivity index is 1.33. The summed E-state index contributed by atoms with van der Waals surface area (Å²) in [5.41, 5.74) is 4.76. The van der Waals surface area contributed by atoms with Crippen LogP contribution in [0.2, 0.25) is 0 Å². The van der Waals surface area contributed by atoms with Crippen LogP contribution >= 0.6 is 11.8 Å². The van der Waals surface area contributed by atoms with Gasteiger partial charge in [0.25, 0.3) is 0 Å². The monoisotopic (exact) mass is 510 g/mol. The van der Waals surface area contributed by atoms with Gasteiger partial charge in [0.2, 0.25) is 21.1 Å². The van der Waals surface area contributed by atoms with E-state index in [1.807, 2.05) is 32.0 Å². The van der Waals surface area contributed by atoms with Crippen molar-refractivity contribution in [3.8, 4) is 0 Å². The Bertz CT molecular complexity index is 1530. The Labute approximate surface area is 207 Å². The lowest BCUT2D eigenvalue weighted by Crippen LogP contribution is -2.35. The van der Waals surface area contributed by atoms with E-state index in [0.29, 0.717) is 34.8 Å². The van der Waals surface area contributed by atoms with Crippen molar-refractivity contribution in [2.45, 2.75) is 43.2 Å². The molecule has 35 heavy (non-hydrogen) atoms. The number of anilines is 1. The third kappa shape index (κ3) is 4.89. The van der Waals surface area contributed by atoms with Crippen molar-refractivity contribution in [2.75, 3.05) is 24.2 Å². The average Bonchev–Trinajstić information content (AvgIpc) is 3.22. The number of benzene rings is 2. The van der Waals surface area contributed by atoms with E-state index in [4.69, 9.17) is 0 Å². The highest BCUT2D eigenvalue weighted by molar-refractivity contribution is 7.99. The third-order valence-corrected chi connectivity index (χ3v) is 8.97. The zero-order valence-corrected chi connectivity index (χ0v) is 21.2. The third-order valence-electron chi connectivity index (χ3n) is 6.24. The molecule has 1 aliphatic rings. The summed E-state index contributed by atoms with van der Waals surface area (Å²) in [5.74, 6) is -0.0235. The van der Waals surface area contributed by atoms with Crippen molar-refractivity contribution < 1.29 is 13.2 Å². The zero-order valence-electron chi connectivity index (χ0n) is 19.5. The number of nitrogens with one attached hydrogen (secondary N) is 2. The number of aryl methyl sites for hydroxylation is 2. The van der Waals surface area contributed by atoms with Crippen molar-refractivity contribution in [1.82, 2.24) is 24.5 Å². The molecule has 0 bridgehead atoms. The molecule has 0 spiro atoms. The molecule has 1 saturated heterocycles. The van der Waals surface area contributed by atoms with Crippen LogP contribution in [0, 0.1) is 13.8 Å². The van der Waals surface area contributed by atoms with E-state index in [1.165, 1.54) is 17.3 Å². The first-order chi connectivity index (χ1) is 16.8. The summed E-state index contributed by atoms with van der Waals surface area (Å²) >= 11 is 1.19. The minimum absolute atomic E-state index is 0.137. The van der Waals surface area contributed by atoms with E-state index in [1.54, 1.807) is 22.5 Å². The summed E-state index contributed by atoms with van der Waals surface area (Å²) < 4.78 is 27.7. The number of H-pyrrole nitrogens is 1. The van der Waals surface area contributed by atoms with E-state index in [-0.39, 0.29) is 16.6 Å². The molecule has 11 heteroatoms. The summed E-state index contributed by atoms with van der Waals surface area (Å²) in [6.07, 6.45) is 2.82. The number of piperidine rings is 1. The van der Waals surface area contributed by atoms with E-state index < -0.39 is 10.0 Å². The highest BCUT2D eigenvalue weighted by Gasteiger charge is 2.26. The molecule has 9 nitrogen and oxygen atoms in total. The van der Waals surface area contributed by atoms with Crippen LogP contribution in [0.25, 0.3) is 22.1 Å². The molecular weight excluding hydrogens is 484 g/mol. The van der Waals surface area contributed by atoms with Gasteiger partial charge in [-0.05, 0) is 68.1 Å². The lowest BCUT2D eigenvalue weighted by atomic mass is 10.1. The average molecular weight is 511 g/mol. The van der Waals surface area contributed by atoms with Gasteiger partial charge in [-0.3, -0.25) is 4.79 Å². The van der Waals surface area contributed by atoms with Crippen LogP contribution in [0.3, 0.4) is 0 Å². The molecule has 0 atom stereocenters. The van der Waals surface area contributed by atoms with Crippen molar-refractivity contribution in [3.63, 3.8) is 0 Å². The number of thioether (sulfide) groups is 1. The van der Waals surface area contributed by atoms with Gasteiger partial charge in [0.05, 0.1) is 10.6 Å². The fourth-order valence-electron chi connectivity index (χ4n) is 4.16. The highest BCUT2D eigenvalue weighted by Crippen LogP contribution is 2.28. The van der Waals surface area contributed by atoms with Crippen LogP contribution in [0.5, 0.6) is 0 Å². The van der Waals surface area contributed by atoms with Gasteiger partial charge in [0.15, 0.2) is 5.65 Å². The predicted molar refractivity (Wildman–Crippen MR) is 137 cm³/mol. The van der Waals surface area contributed by atoms with Crippen LogP contribution in [0.4, 0.5) is 5.69 Å². The normalized spacial score (nSPS) is 15.0. The number of nitrogens with zero attached hydrogens (tertiary/aromatic N) is 4. The van der Waals surface area contributed by atoms with Gasteiger partial charge in [0, 0.05) is 29.7 Å². The molecular formula is C24H26N6O3S2. The molecule has 1 aliphatic heterocycles. The van der Waals surface area contributed by atoms with Crippen LogP contribution in [-0.4, -0.2) is 57.6 Å². The molecule has 4 aromatic rings. The summed E-state index contributed by atoms with van der Waals surface area (Å²) in [4.78, 5) is 20.3. The first kappa shape index (κ1) is 23.7. The van der Waals surface area contributed by atoms with Gasteiger partial charge >= 0.3 is 0 Å².